The van der Waals surface area contributed by atoms with Crippen LogP contribution in [0.4, 0.5) is 0 Å². The molecule has 0 aliphatic carbocycles. The molecule has 2 amide bonds. The first-order chi connectivity index (χ1) is 8.68. The lowest BCUT2D eigenvalue weighted by Crippen LogP contribution is -2.49. The number of carbonyl (C=O) groups is 2. The molecule has 2 unspecified atom stereocenters. The van der Waals surface area contributed by atoms with Crippen LogP contribution in [0.3, 0.4) is 0 Å². The maximum absolute atomic E-state index is 12.3. The van der Waals surface area contributed by atoms with Gasteiger partial charge in [-0.3, -0.25) is 19.5 Å². The van der Waals surface area contributed by atoms with Crippen LogP contribution in [0.25, 0.3) is 0 Å². The van der Waals surface area contributed by atoms with Crippen LogP contribution >= 0.6 is 0 Å². The number of nitrogens with zero attached hydrogens (tertiary/aromatic N) is 2. The summed E-state index contributed by atoms with van der Waals surface area (Å²) in [5.74, 6) is -0.362. The number of hydrogen-bond donors (Lipinski definition) is 1. The van der Waals surface area contributed by atoms with Gasteiger partial charge in [0.25, 0.3) is 11.8 Å². The second-order valence-corrected chi connectivity index (χ2v) is 4.93. The van der Waals surface area contributed by atoms with E-state index in [4.69, 9.17) is 0 Å². The molecule has 1 fully saturated rings. The number of fused-ring (bicyclic) bond motifs is 1. The Balaban J connectivity index is 1.92. The molecule has 2 atom stereocenters. The lowest BCUT2D eigenvalue weighted by atomic mass is 9.99. The zero-order valence-corrected chi connectivity index (χ0v) is 10.2. The molecule has 3 heterocycles. The van der Waals surface area contributed by atoms with Crippen LogP contribution in [0, 0.1) is 0 Å². The maximum atomic E-state index is 12.3. The fraction of sp³-hybridized carbons (Fsp3) is 0.462. The van der Waals surface area contributed by atoms with E-state index in [-0.39, 0.29) is 17.9 Å². The predicted octanol–water partition coefficient (Wildman–Crippen LogP) is 0.818. The zero-order valence-electron chi connectivity index (χ0n) is 10.2. The molecule has 1 aromatic rings. The summed E-state index contributed by atoms with van der Waals surface area (Å²) in [5.41, 5.74) is 0.926. The highest BCUT2D eigenvalue weighted by Crippen LogP contribution is 2.27. The lowest BCUT2D eigenvalue weighted by Gasteiger charge is -2.33. The van der Waals surface area contributed by atoms with Crippen molar-refractivity contribution >= 4 is 11.8 Å². The molecule has 5 nitrogen and oxygen atoms in total. The molecule has 0 radical (unpaired) electrons. The van der Waals surface area contributed by atoms with Gasteiger partial charge < -0.3 is 5.32 Å². The molecule has 0 aromatic carbocycles. The van der Waals surface area contributed by atoms with E-state index < -0.39 is 0 Å². The number of pyridine rings is 1. The van der Waals surface area contributed by atoms with Gasteiger partial charge in [-0.05, 0) is 32.4 Å². The van der Waals surface area contributed by atoms with Crippen LogP contribution in [-0.2, 0) is 0 Å². The number of piperidine rings is 1. The van der Waals surface area contributed by atoms with Crippen LogP contribution in [0.15, 0.2) is 18.5 Å². The molecule has 18 heavy (non-hydrogen) atoms. The van der Waals surface area contributed by atoms with Gasteiger partial charge in [-0.2, -0.15) is 0 Å². The van der Waals surface area contributed by atoms with E-state index in [9.17, 15) is 9.59 Å². The Kier molecular flexibility index (Phi) is 2.63. The summed E-state index contributed by atoms with van der Waals surface area (Å²) in [7, 11) is 0. The van der Waals surface area contributed by atoms with Crippen molar-refractivity contribution < 1.29 is 9.59 Å². The third-order valence-electron chi connectivity index (χ3n) is 3.68. The fourth-order valence-electron chi connectivity index (χ4n) is 2.77. The number of aromatic nitrogens is 1. The summed E-state index contributed by atoms with van der Waals surface area (Å²) >= 11 is 0. The average Bonchev–Trinajstić information content (AvgIpc) is 2.63. The van der Waals surface area contributed by atoms with Crippen molar-refractivity contribution in [2.75, 3.05) is 6.54 Å². The molecule has 0 bridgehead atoms. The van der Waals surface area contributed by atoms with E-state index in [0.717, 1.165) is 19.4 Å². The van der Waals surface area contributed by atoms with Crippen molar-refractivity contribution in [1.29, 1.82) is 0 Å². The maximum Gasteiger partial charge on any atom is 0.263 e. The second-order valence-electron chi connectivity index (χ2n) is 4.93. The molecule has 1 aromatic heterocycles. The van der Waals surface area contributed by atoms with Gasteiger partial charge in [0.05, 0.1) is 11.1 Å². The van der Waals surface area contributed by atoms with Crippen molar-refractivity contribution in [3.63, 3.8) is 0 Å². The van der Waals surface area contributed by atoms with Gasteiger partial charge in [0, 0.05) is 24.5 Å². The molecule has 0 spiro atoms. The SMILES string of the molecule is CC1CC(N2C(=O)c3ccncc3C2=O)CCN1. The molecule has 1 N–H and O–H groups in total. The number of hydrogen-bond acceptors (Lipinski definition) is 4. The molecule has 2 aliphatic rings. The Labute approximate surface area is 105 Å². The standard InChI is InChI=1S/C13H15N3O2/c1-8-6-9(2-5-15-8)16-12(17)10-3-4-14-7-11(10)13(16)18/h3-4,7-9,15H,2,5-6H2,1H3. The number of amides is 2. The minimum absolute atomic E-state index is 0.00801. The topological polar surface area (TPSA) is 62.3 Å². The first-order valence-corrected chi connectivity index (χ1v) is 6.24. The average molecular weight is 245 g/mol. The van der Waals surface area contributed by atoms with E-state index in [0.29, 0.717) is 17.2 Å². The normalized spacial score (nSPS) is 27.5. The van der Waals surface area contributed by atoms with Gasteiger partial charge in [0.15, 0.2) is 0 Å². The van der Waals surface area contributed by atoms with Gasteiger partial charge >= 0.3 is 0 Å². The van der Waals surface area contributed by atoms with Crippen LogP contribution in [-0.4, -0.2) is 40.3 Å². The van der Waals surface area contributed by atoms with Gasteiger partial charge in [0.1, 0.15) is 0 Å². The highest BCUT2D eigenvalue weighted by molar-refractivity contribution is 6.21. The highest BCUT2D eigenvalue weighted by Gasteiger charge is 2.40. The van der Waals surface area contributed by atoms with Crippen LogP contribution in [0.5, 0.6) is 0 Å². The summed E-state index contributed by atoms with van der Waals surface area (Å²) in [5, 5.41) is 3.32. The van der Waals surface area contributed by atoms with Gasteiger partial charge in [-0.1, -0.05) is 0 Å². The highest BCUT2D eigenvalue weighted by atomic mass is 16.2. The fourth-order valence-corrected chi connectivity index (χ4v) is 2.77. The first-order valence-electron chi connectivity index (χ1n) is 6.24. The minimum Gasteiger partial charge on any atom is -0.314 e. The molecular weight excluding hydrogens is 230 g/mol. The number of rotatable bonds is 1. The number of nitrogens with one attached hydrogen (secondary N) is 1. The van der Waals surface area contributed by atoms with E-state index in [1.54, 1.807) is 12.3 Å². The smallest absolute Gasteiger partial charge is 0.263 e. The Morgan fingerprint density at radius 3 is 2.83 bits per heavy atom. The largest absolute Gasteiger partial charge is 0.314 e. The van der Waals surface area contributed by atoms with Crippen LogP contribution in [0.1, 0.15) is 40.5 Å². The van der Waals surface area contributed by atoms with Crippen LogP contribution in [0.2, 0.25) is 0 Å². The Hall–Kier alpha value is -1.75. The Morgan fingerprint density at radius 2 is 2.11 bits per heavy atom. The monoisotopic (exact) mass is 245 g/mol. The number of carbonyl (C=O) groups excluding carboxylic acids is 2. The Morgan fingerprint density at radius 1 is 1.33 bits per heavy atom. The van der Waals surface area contributed by atoms with Crippen molar-refractivity contribution in [1.82, 2.24) is 15.2 Å². The van der Waals surface area contributed by atoms with Gasteiger partial charge in [0.2, 0.25) is 0 Å². The molecular formula is C13H15N3O2. The molecule has 94 valence electrons. The second kappa shape index (κ2) is 4.17. The first kappa shape index (κ1) is 11.3. The quantitative estimate of drug-likeness (QED) is 0.744. The third-order valence-corrected chi connectivity index (χ3v) is 3.68. The molecule has 2 aliphatic heterocycles. The van der Waals surface area contributed by atoms with E-state index >= 15 is 0 Å². The zero-order chi connectivity index (χ0) is 12.7. The van der Waals surface area contributed by atoms with Crippen molar-refractivity contribution in [3.8, 4) is 0 Å². The third kappa shape index (κ3) is 1.62. The van der Waals surface area contributed by atoms with Crippen molar-refractivity contribution in [3.05, 3.63) is 29.6 Å². The summed E-state index contributed by atoms with van der Waals surface area (Å²) < 4.78 is 0. The van der Waals surface area contributed by atoms with E-state index in [1.165, 1.54) is 11.1 Å². The summed E-state index contributed by atoms with van der Waals surface area (Å²) in [6.45, 7) is 2.92. The van der Waals surface area contributed by atoms with Crippen molar-refractivity contribution in [2.45, 2.75) is 31.8 Å². The van der Waals surface area contributed by atoms with Gasteiger partial charge in [-0.15, -0.1) is 0 Å². The minimum atomic E-state index is -0.192. The van der Waals surface area contributed by atoms with Crippen LogP contribution < -0.4 is 5.32 Å². The molecule has 5 heteroatoms. The molecule has 1 saturated heterocycles. The lowest BCUT2D eigenvalue weighted by molar-refractivity contribution is 0.0542. The summed E-state index contributed by atoms with van der Waals surface area (Å²) in [6, 6.07) is 1.97. The predicted molar refractivity (Wildman–Crippen MR) is 65.2 cm³/mol. The van der Waals surface area contributed by atoms with Crippen molar-refractivity contribution in [2.24, 2.45) is 0 Å². The summed E-state index contributed by atoms with van der Waals surface area (Å²) in [4.78, 5) is 29.9. The van der Waals surface area contributed by atoms with E-state index in [2.05, 4.69) is 17.2 Å². The number of imide groups is 1. The molecule has 3 rings (SSSR count). The van der Waals surface area contributed by atoms with E-state index in [1.807, 2.05) is 0 Å². The molecule has 0 saturated carbocycles. The summed E-state index contributed by atoms with van der Waals surface area (Å²) in [6.07, 6.45) is 4.68. The van der Waals surface area contributed by atoms with Gasteiger partial charge in [-0.25, -0.2) is 0 Å². The Bertz CT molecular complexity index is 480.